The van der Waals surface area contributed by atoms with Gasteiger partial charge in [0, 0.05) is 18.8 Å². The second-order valence-corrected chi connectivity index (χ2v) is 5.53. The Bertz CT molecular complexity index is 334. The molecule has 1 N–H and O–H groups in total. The zero-order chi connectivity index (χ0) is 12.4. The Morgan fingerprint density at radius 3 is 2.35 bits per heavy atom. The molecule has 0 atom stereocenters. The summed E-state index contributed by atoms with van der Waals surface area (Å²) in [4.78, 5) is 12.3. The van der Waals surface area contributed by atoms with E-state index in [1.165, 1.54) is 12.8 Å². The maximum Gasteiger partial charge on any atom is 0.241 e. The molecule has 0 aromatic carbocycles. The molecule has 1 aliphatic carbocycles. The summed E-state index contributed by atoms with van der Waals surface area (Å²) in [5.41, 5.74) is -0.955. The lowest BCUT2D eigenvalue weighted by Gasteiger charge is -2.34. The lowest BCUT2D eigenvalue weighted by atomic mass is 9.80. The Labute approximate surface area is 102 Å². The fourth-order valence-electron chi connectivity index (χ4n) is 2.78. The number of nitriles is 1. The van der Waals surface area contributed by atoms with Crippen LogP contribution in [0.15, 0.2) is 0 Å². The lowest BCUT2D eigenvalue weighted by Crippen LogP contribution is -2.52. The summed E-state index contributed by atoms with van der Waals surface area (Å²) in [6, 6.07) is 2.22. The minimum Gasteiger partial charge on any atom is -0.381 e. The topological polar surface area (TPSA) is 62.1 Å². The largest absolute Gasteiger partial charge is 0.381 e. The summed E-state index contributed by atoms with van der Waals surface area (Å²) in [5.74, 6) is -0.0901. The lowest BCUT2D eigenvalue weighted by molar-refractivity contribution is -0.134. The van der Waals surface area contributed by atoms with Gasteiger partial charge in [-0.05, 0) is 32.6 Å². The maximum absolute atomic E-state index is 12.3. The zero-order valence-electron chi connectivity index (χ0n) is 10.4. The highest BCUT2D eigenvalue weighted by atomic mass is 16.5. The molecule has 0 radical (unpaired) electrons. The third-order valence-electron chi connectivity index (χ3n) is 4.12. The van der Waals surface area contributed by atoms with E-state index < -0.39 is 5.41 Å². The van der Waals surface area contributed by atoms with E-state index in [0.717, 1.165) is 12.8 Å². The number of nitrogens with one attached hydrogen (secondary N) is 1. The summed E-state index contributed by atoms with van der Waals surface area (Å²) in [5, 5.41) is 12.4. The van der Waals surface area contributed by atoms with Crippen LogP contribution in [0.3, 0.4) is 0 Å². The highest BCUT2D eigenvalue weighted by molar-refractivity contribution is 5.86. The monoisotopic (exact) mass is 236 g/mol. The van der Waals surface area contributed by atoms with Crippen LogP contribution in [0.2, 0.25) is 0 Å². The Balaban J connectivity index is 2.05. The van der Waals surface area contributed by atoms with Crippen LogP contribution in [0.1, 0.15) is 45.4 Å². The van der Waals surface area contributed by atoms with Crippen molar-refractivity contribution in [1.29, 1.82) is 5.26 Å². The predicted molar refractivity (Wildman–Crippen MR) is 63.1 cm³/mol. The standard InChI is InChI=1S/C13H20N2O2/c1-12(4-2-3-5-12)15-11(16)13(10-14)6-8-17-9-7-13/h2-9H2,1H3,(H,15,16). The molecule has 2 rings (SSSR count). The molecule has 94 valence electrons. The number of amides is 1. The number of carbonyl (C=O) groups is 1. The van der Waals surface area contributed by atoms with Crippen LogP contribution in [-0.4, -0.2) is 24.7 Å². The molecule has 0 spiro atoms. The van der Waals surface area contributed by atoms with Crippen molar-refractivity contribution in [2.24, 2.45) is 5.41 Å². The summed E-state index contributed by atoms with van der Waals surface area (Å²) in [6.45, 7) is 3.11. The van der Waals surface area contributed by atoms with Gasteiger partial charge in [-0.15, -0.1) is 0 Å². The van der Waals surface area contributed by atoms with E-state index in [-0.39, 0.29) is 11.4 Å². The van der Waals surface area contributed by atoms with Crippen LogP contribution in [0, 0.1) is 16.7 Å². The molecule has 2 aliphatic rings. The van der Waals surface area contributed by atoms with E-state index in [0.29, 0.717) is 26.1 Å². The van der Waals surface area contributed by atoms with Crippen molar-refractivity contribution in [3.05, 3.63) is 0 Å². The van der Waals surface area contributed by atoms with Gasteiger partial charge in [0.15, 0.2) is 0 Å². The van der Waals surface area contributed by atoms with Crippen LogP contribution in [-0.2, 0) is 9.53 Å². The van der Waals surface area contributed by atoms with Gasteiger partial charge in [-0.25, -0.2) is 0 Å². The Kier molecular flexibility index (Phi) is 3.39. The number of nitrogens with zero attached hydrogens (tertiary/aromatic N) is 1. The van der Waals surface area contributed by atoms with Crippen LogP contribution < -0.4 is 5.32 Å². The van der Waals surface area contributed by atoms with Gasteiger partial charge >= 0.3 is 0 Å². The molecular weight excluding hydrogens is 216 g/mol. The first kappa shape index (κ1) is 12.4. The fourth-order valence-corrected chi connectivity index (χ4v) is 2.78. The minimum atomic E-state index is -0.857. The molecule has 1 amide bonds. The van der Waals surface area contributed by atoms with E-state index in [1.54, 1.807) is 0 Å². The first-order valence-electron chi connectivity index (χ1n) is 6.42. The van der Waals surface area contributed by atoms with Crippen molar-refractivity contribution in [3.63, 3.8) is 0 Å². The molecule has 0 unspecified atom stereocenters. The van der Waals surface area contributed by atoms with Gasteiger partial charge in [-0.2, -0.15) is 5.26 Å². The molecular formula is C13H20N2O2. The average Bonchev–Trinajstić information content (AvgIpc) is 2.76. The number of hydrogen-bond acceptors (Lipinski definition) is 3. The van der Waals surface area contributed by atoms with Crippen LogP contribution in [0.4, 0.5) is 0 Å². The fraction of sp³-hybridized carbons (Fsp3) is 0.846. The van der Waals surface area contributed by atoms with Gasteiger partial charge in [0.05, 0.1) is 6.07 Å². The normalized spacial score (nSPS) is 26.1. The highest BCUT2D eigenvalue weighted by Gasteiger charge is 2.43. The van der Waals surface area contributed by atoms with Crippen molar-refractivity contribution in [1.82, 2.24) is 5.32 Å². The van der Waals surface area contributed by atoms with Crippen LogP contribution in [0.25, 0.3) is 0 Å². The van der Waals surface area contributed by atoms with Gasteiger partial charge in [0.25, 0.3) is 0 Å². The Hall–Kier alpha value is -1.08. The molecule has 2 fully saturated rings. The average molecular weight is 236 g/mol. The number of rotatable bonds is 2. The molecule has 0 bridgehead atoms. The smallest absolute Gasteiger partial charge is 0.241 e. The summed E-state index contributed by atoms with van der Waals surface area (Å²) < 4.78 is 5.24. The molecule has 1 saturated heterocycles. The second-order valence-electron chi connectivity index (χ2n) is 5.53. The molecule has 0 aromatic rings. The van der Waals surface area contributed by atoms with E-state index in [9.17, 15) is 10.1 Å². The van der Waals surface area contributed by atoms with Gasteiger partial charge in [-0.1, -0.05) is 12.8 Å². The van der Waals surface area contributed by atoms with Gasteiger partial charge in [0.2, 0.25) is 5.91 Å². The van der Waals surface area contributed by atoms with Crippen molar-refractivity contribution >= 4 is 5.91 Å². The van der Waals surface area contributed by atoms with E-state index in [2.05, 4.69) is 18.3 Å². The third-order valence-corrected chi connectivity index (χ3v) is 4.12. The van der Waals surface area contributed by atoms with E-state index in [1.807, 2.05) is 0 Å². The van der Waals surface area contributed by atoms with Crippen molar-refractivity contribution in [2.45, 2.75) is 51.0 Å². The number of ether oxygens (including phenoxy) is 1. The minimum absolute atomic E-state index is 0.0901. The second kappa shape index (κ2) is 4.66. The summed E-state index contributed by atoms with van der Waals surface area (Å²) >= 11 is 0. The van der Waals surface area contributed by atoms with Crippen molar-refractivity contribution < 1.29 is 9.53 Å². The zero-order valence-corrected chi connectivity index (χ0v) is 10.4. The van der Waals surface area contributed by atoms with Crippen LogP contribution in [0.5, 0.6) is 0 Å². The Morgan fingerprint density at radius 1 is 1.24 bits per heavy atom. The first-order valence-corrected chi connectivity index (χ1v) is 6.42. The molecule has 4 nitrogen and oxygen atoms in total. The summed E-state index contributed by atoms with van der Waals surface area (Å²) in [7, 11) is 0. The van der Waals surface area contributed by atoms with Crippen LogP contribution >= 0.6 is 0 Å². The molecule has 1 heterocycles. The number of hydrogen-bond donors (Lipinski definition) is 1. The SMILES string of the molecule is CC1(NC(=O)C2(C#N)CCOCC2)CCCC1. The highest BCUT2D eigenvalue weighted by Crippen LogP contribution is 2.34. The molecule has 4 heteroatoms. The van der Waals surface area contributed by atoms with Crippen molar-refractivity contribution in [2.75, 3.05) is 13.2 Å². The quantitative estimate of drug-likeness (QED) is 0.794. The molecule has 0 aromatic heterocycles. The summed E-state index contributed by atoms with van der Waals surface area (Å²) in [6.07, 6.45) is 5.42. The first-order chi connectivity index (χ1) is 8.10. The third kappa shape index (κ3) is 2.44. The van der Waals surface area contributed by atoms with Crippen molar-refractivity contribution in [3.8, 4) is 6.07 Å². The molecule has 17 heavy (non-hydrogen) atoms. The van der Waals surface area contributed by atoms with Gasteiger partial charge in [0.1, 0.15) is 5.41 Å². The maximum atomic E-state index is 12.3. The van der Waals surface area contributed by atoms with E-state index in [4.69, 9.17) is 4.74 Å². The van der Waals surface area contributed by atoms with E-state index >= 15 is 0 Å². The predicted octanol–water partition coefficient (Wildman–Crippen LogP) is 1.76. The van der Waals surface area contributed by atoms with Gasteiger partial charge in [-0.3, -0.25) is 4.79 Å². The van der Waals surface area contributed by atoms with Gasteiger partial charge < -0.3 is 10.1 Å². The molecule has 1 saturated carbocycles. The molecule has 1 aliphatic heterocycles. The Morgan fingerprint density at radius 2 is 1.82 bits per heavy atom. The number of carbonyl (C=O) groups excluding carboxylic acids is 1.